The molecule has 1 saturated carbocycles. The molecule has 3 aliphatic heterocycles. The van der Waals surface area contributed by atoms with E-state index in [9.17, 15) is 9.59 Å². The number of likely N-dealkylation sites (N-methyl/N-ethyl adjacent to an activating group) is 1. The van der Waals surface area contributed by atoms with E-state index in [0.29, 0.717) is 23.3 Å². The van der Waals surface area contributed by atoms with Crippen LogP contribution in [0.3, 0.4) is 0 Å². The van der Waals surface area contributed by atoms with Gasteiger partial charge in [-0.3, -0.25) is 14.5 Å². The summed E-state index contributed by atoms with van der Waals surface area (Å²) in [5.74, 6) is 0.911. The van der Waals surface area contributed by atoms with Crippen molar-refractivity contribution >= 4 is 11.8 Å². The van der Waals surface area contributed by atoms with Gasteiger partial charge in [0.15, 0.2) is 0 Å². The Bertz CT molecular complexity index is 590. The van der Waals surface area contributed by atoms with E-state index in [2.05, 4.69) is 33.6 Å². The van der Waals surface area contributed by atoms with Crippen molar-refractivity contribution in [3.05, 3.63) is 0 Å². The van der Waals surface area contributed by atoms with Crippen LogP contribution in [0.2, 0.25) is 0 Å². The number of piperidine rings is 2. The molecule has 4 rings (SSSR count). The molecule has 6 nitrogen and oxygen atoms in total. The molecular formula is C23H40N4O2. The van der Waals surface area contributed by atoms with Crippen LogP contribution in [-0.4, -0.2) is 96.9 Å². The number of carbonyl (C=O) groups is 2. The molecule has 6 heteroatoms. The van der Waals surface area contributed by atoms with Crippen LogP contribution in [0.15, 0.2) is 0 Å². The zero-order chi connectivity index (χ0) is 20.4. The van der Waals surface area contributed by atoms with Crippen LogP contribution in [-0.2, 0) is 9.59 Å². The first-order valence-electron chi connectivity index (χ1n) is 11.9. The molecule has 0 radical (unpaired) electrons. The molecule has 1 unspecified atom stereocenters. The third-order valence-corrected chi connectivity index (χ3v) is 8.00. The fourth-order valence-electron chi connectivity index (χ4n) is 5.34. The lowest BCUT2D eigenvalue weighted by Gasteiger charge is -2.43. The molecule has 0 aromatic carbocycles. The summed E-state index contributed by atoms with van der Waals surface area (Å²) < 4.78 is 0. The number of hydrogen-bond donors (Lipinski definition) is 0. The summed E-state index contributed by atoms with van der Waals surface area (Å²) in [5.41, 5.74) is 0.465. The van der Waals surface area contributed by atoms with Gasteiger partial charge in [0.05, 0.1) is 5.92 Å². The molecule has 0 aromatic rings. The van der Waals surface area contributed by atoms with Crippen molar-refractivity contribution in [2.75, 3.05) is 59.4 Å². The summed E-state index contributed by atoms with van der Waals surface area (Å²) in [5, 5.41) is 0. The molecule has 3 heterocycles. The fraction of sp³-hybridized carbons (Fsp3) is 0.913. The lowest BCUT2D eigenvalue weighted by atomic mass is 9.92. The number of hydrogen-bond acceptors (Lipinski definition) is 4. The first kappa shape index (κ1) is 21.1. The SMILES string of the molecule is CN1CCN(C(=O)C2CCCN(C3CCN(C(=O)CCC4(C)CC4)CC3)C2)CC1. The minimum Gasteiger partial charge on any atom is -0.343 e. The highest BCUT2D eigenvalue weighted by Crippen LogP contribution is 2.49. The second-order valence-corrected chi connectivity index (χ2v) is 10.4. The normalized spacial score (nSPS) is 29.1. The molecule has 29 heavy (non-hydrogen) atoms. The third-order valence-electron chi connectivity index (χ3n) is 8.00. The molecule has 4 aliphatic rings. The van der Waals surface area contributed by atoms with Crippen molar-refractivity contribution in [1.29, 1.82) is 0 Å². The Hall–Kier alpha value is -1.14. The summed E-state index contributed by atoms with van der Waals surface area (Å²) in [4.78, 5) is 34.6. The lowest BCUT2D eigenvalue weighted by Crippen LogP contribution is -2.54. The molecule has 0 bridgehead atoms. The molecule has 2 amide bonds. The van der Waals surface area contributed by atoms with Crippen LogP contribution in [0.1, 0.15) is 58.3 Å². The Kier molecular flexibility index (Phi) is 6.50. The van der Waals surface area contributed by atoms with E-state index in [1.165, 1.54) is 12.8 Å². The molecule has 3 saturated heterocycles. The van der Waals surface area contributed by atoms with Gasteiger partial charge in [0, 0.05) is 58.3 Å². The Labute approximate surface area is 176 Å². The average Bonchev–Trinajstić information content (AvgIpc) is 3.50. The summed E-state index contributed by atoms with van der Waals surface area (Å²) in [7, 11) is 2.13. The maximum absolute atomic E-state index is 13.0. The predicted octanol–water partition coefficient (Wildman–Crippen LogP) is 2.04. The Morgan fingerprint density at radius 1 is 0.897 bits per heavy atom. The van der Waals surface area contributed by atoms with Gasteiger partial charge in [0.2, 0.25) is 11.8 Å². The molecule has 1 atom stereocenters. The van der Waals surface area contributed by atoms with Gasteiger partial charge >= 0.3 is 0 Å². The summed E-state index contributed by atoms with van der Waals surface area (Å²) in [6.45, 7) is 9.88. The number of likely N-dealkylation sites (tertiary alicyclic amines) is 2. The quantitative estimate of drug-likeness (QED) is 0.704. The number of carbonyl (C=O) groups excluding carboxylic acids is 2. The van der Waals surface area contributed by atoms with Crippen LogP contribution >= 0.6 is 0 Å². The molecule has 164 valence electrons. The molecule has 0 spiro atoms. The Morgan fingerprint density at radius 3 is 2.24 bits per heavy atom. The Balaban J connectivity index is 1.22. The van der Waals surface area contributed by atoms with E-state index < -0.39 is 0 Å². The van der Waals surface area contributed by atoms with Crippen LogP contribution in [0.4, 0.5) is 0 Å². The first-order valence-corrected chi connectivity index (χ1v) is 11.9. The van der Waals surface area contributed by atoms with Gasteiger partial charge in [-0.15, -0.1) is 0 Å². The topological polar surface area (TPSA) is 47.1 Å². The van der Waals surface area contributed by atoms with E-state index in [4.69, 9.17) is 0 Å². The second-order valence-electron chi connectivity index (χ2n) is 10.4. The fourth-order valence-corrected chi connectivity index (χ4v) is 5.34. The van der Waals surface area contributed by atoms with E-state index >= 15 is 0 Å². The zero-order valence-corrected chi connectivity index (χ0v) is 18.6. The van der Waals surface area contributed by atoms with E-state index in [1.54, 1.807) is 0 Å². The number of piperazine rings is 1. The summed E-state index contributed by atoms with van der Waals surface area (Å²) in [6.07, 6.45) is 8.69. The van der Waals surface area contributed by atoms with Gasteiger partial charge < -0.3 is 14.7 Å². The van der Waals surface area contributed by atoms with Crippen molar-refractivity contribution in [3.63, 3.8) is 0 Å². The highest BCUT2D eigenvalue weighted by Gasteiger charge is 2.38. The van der Waals surface area contributed by atoms with Gasteiger partial charge in [-0.2, -0.15) is 0 Å². The van der Waals surface area contributed by atoms with Crippen molar-refractivity contribution < 1.29 is 9.59 Å². The van der Waals surface area contributed by atoms with Crippen LogP contribution in [0.5, 0.6) is 0 Å². The highest BCUT2D eigenvalue weighted by atomic mass is 16.2. The second kappa shape index (κ2) is 8.93. The van der Waals surface area contributed by atoms with Gasteiger partial charge in [0.1, 0.15) is 0 Å². The van der Waals surface area contributed by atoms with Gasteiger partial charge in [-0.25, -0.2) is 0 Å². The van der Waals surface area contributed by atoms with E-state index in [0.717, 1.165) is 90.9 Å². The number of amides is 2. The van der Waals surface area contributed by atoms with Crippen molar-refractivity contribution in [1.82, 2.24) is 19.6 Å². The number of rotatable bonds is 5. The maximum Gasteiger partial charge on any atom is 0.227 e. The van der Waals surface area contributed by atoms with Crippen LogP contribution < -0.4 is 0 Å². The monoisotopic (exact) mass is 404 g/mol. The minimum absolute atomic E-state index is 0.172. The van der Waals surface area contributed by atoms with Crippen LogP contribution in [0, 0.1) is 11.3 Å². The van der Waals surface area contributed by atoms with Gasteiger partial charge in [-0.05, 0) is 64.0 Å². The largest absolute Gasteiger partial charge is 0.343 e. The standard InChI is InChI=1S/C23H40N4O2/c1-23(9-10-23)8-5-21(28)25-12-6-20(7-13-25)27-11-3-4-19(18-27)22(29)26-16-14-24(2)15-17-26/h19-20H,3-18H2,1-2H3. The molecule has 0 N–H and O–H groups in total. The minimum atomic E-state index is 0.172. The Morgan fingerprint density at radius 2 is 1.59 bits per heavy atom. The summed E-state index contributed by atoms with van der Waals surface area (Å²) in [6, 6.07) is 0.545. The molecular weight excluding hydrogens is 364 g/mol. The van der Waals surface area contributed by atoms with Crippen molar-refractivity contribution in [2.24, 2.45) is 11.3 Å². The lowest BCUT2D eigenvalue weighted by molar-refractivity contribution is -0.139. The molecule has 4 fully saturated rings. The van der Waals surface area contributed by atoms with Gasteiger partial charge in [0.25, 0.3) is 0 Å². The van der Waals surface area contributed by atoms with Crippen molar-refractivity contribution in [2.45, 2.75) is 64.3 Å². The van der Waals surface area contributed by atoms with E-state index in [1.807, 2.05) is 0 Å². The summed E-state index contributed by atoms with van der Waals surface area (Å²) >= 11 is 0. The predicted molar refractivity (Wildman–Crippen MR) is 115 cm³/mol. The van der Waals surface area contributed by atoms with Crippen molar-refractivity contribution in [3.8, 4) is 0 Å². The van der Waals surface area contributed by atoms with E-state index in [-0.39, 0.29) is 5.92 Å². The first-order chi connectivity index (χ1) is 13.9. The molecule has 1 aliphatic carbocycles. The molecule has 0 aromatic heterocycles. The highest BCUT2D eigenvalue weighted by molar-refractivity contribution is 5.79. The third kappa shape index (κ3) is 5.32. The van der Waals surface area contributed by atoms with Gasteiger partial charge in [-0.1, -0.05) is 6.92 Å². The average molecular weight is 405 g/mol. The maximum atomic E-state index is 13.0. The number of nitrogens with zero attached hydrogens (tertiary/aromatic N) is 4. The zero-order valence-electron chi connectivity index (χ0n) is 18.6. The van der Waals surface area contributed by atoms with Crippen LogP contribution in [0.25, 0.3) is 0 Å². The smallest absolute Gasteiger partial charge is 0.227 e.